The van der Waals surface area contributed by atoms with Crippen LogP contribution in [-0.4, -0.2) is 55.4 Å². The van der Waals surface area contributed by atoms with Crippen LogP contribution in [0, 0.1) is 0 Å². The maximum atomic E-state index is 12.5. The standard InChI is InChI=1S/C26H25ClN2O6S/c1-36(35)29(16-24(30)31)15-18-5-4-6-20(13-18)19-11-9-17(10-12-19)14-23(26(33)34)28-25(32)21-7-2-3-8-22(21)27/h2-13,23H,14-16H2,1H3,(H,28,32)(H,30,31)(H,33,34)/t23-,36?/m0/s1. The van der Waals surface area contributed by atoms with Crippen molar-refractivity contribution < 1.29 is 28.8 Å². The van der Waals surface area contributed by atoms with Gasteiger partial charge in [-0.15, -0.1) is 0 Å². The molecule has 1 unspecified atom stereocenters. The fourth-order valence-corrected chi connectivity index (χ4v) is 4.44. The molecule has 0 saturated heterocycles. The Morgan fingerprint density at radius 3 is 2.25 bits per heavy atom. The molecule has 0 aliphatic carbocycles. The largest absolute Gasteiger partial charge is 0.480 e. The van der Waals surface area contributed by atoms with Gasteiger partial charge < -0.3 is 15.5 Å². The minimum Gasteiger partial charge on any atom is -0.480 e. The first-order valence-electron chi connectivity index (χ1n) is 10.9. The number of halogens is 1. The number of carbonyl (C=O) groups excluding carboxylic acids is 1. The molecule has 0 spiro atoms. The molecule has 36 heavy (non-hydrogen) atoms. The number of nitrogens with zero attached hydrogens (tertiary/aromatic N) is 1. The van der Waals surface area contributed by atoms with Gasteiger partial charge in [-0.1, -0.05) is 66.2 Å². The van der Waals surface area contributed by atoms with Crippen LogP contribution in [0.3, 0.4) is 0 Å². The zero-order chi connectivity index (χ0) is 26.2. The van der Waals surface area contributed by atoms with E-state index < -0.39 is 34.9 Å². The third-order valence-electron chi connectivity index (χ3n) is 5.41. The molecule has 8 nitrogen and oxygen atoms in total. The molecule has 0 aliphatic heterocycles. The third kappa shape index (κ3) is 7.48. The first-order chi connectivity index (χ1) is 17.1. The molecule has 10 heteroatoms. The molecule has 0 fully saturated rings. The van der Waals surface area contributed by atoms with Crippen LogP contribution in [0.4, 0.5) is 0 Å². The Bertz CT molecular complexity index is 1280. The minimum atomic E-state index is -1.44. The van der Waals surface area contributed by atoms with Gasteiger partial charge in [0, 0.05) is 19.2 Å². The van der Waals surface area contributed by atoms with Crippen molar-refractivity contribution in [3.63, 3.8) is 0 Å². The van der Waals surface area contributed by atoms with Crippen molar-refractivity contribution in [1.82, 2.24) is 9.62 Å². The molecule has 188 valence electrons. The number of carbonyl (C=O) groups is 3. The molecule has 0 bridgehead atoms. The number of amides is 1. The van der Waals surface area contributed by atoms with Crippen molar-refractivity contribution in [2.75, 3.05) is 12.8 Å². The molecule has 3 rings (SSSR count). The Balaban J connectivity index is 1.71. The first kappa shape index (κ1) is 27.1. The fourth-order valence-electron chi connectivity index (χ4n) is 3.59. The number of hydrogen-bond acceptors (Lipinski definition) is 4. The van der Waals surface area contributed by atoms with E-state index in [2.05, 4.69) is 5.32 Å². The highest BCUT2D eigenvalue weighted by atomic mass is 35.5. The zero-order valence-electron chi connectivity index (χ0n) is 19.4. The van der Waals surface area contributed by atoms with Gasteiger partial charge in [0.25, 0.3) is 5.91 Å². The van der Waals surface area contributed by atoms with Crippen LogP contribution in [0.15, 0.2) is 72.8 Å². The van der Waals surface area contributed by atoms with E-state index >= 15 is 0 Å². The Labute approximate surface area is 216 Å². The maximum absolute atomic E-state index is 12.5. The van der Waals surface area contributed by atoms with Gasteiger partial charge in [0.2, 0.25) is 0 Å². The summed E-state index contributed by atoms with van der Waals surface area (Å²) in [5.41, 5.74) is 3.47. The van der Waals surface area contributed by atoms with E-state index in [9.17, 15) is 23.7 Å². The molecule has 3 N–H and O–H groups in total. The van der Waals surface area contributed by atoms with Crippen molar-refractivity contribution >= 4 is 40.4 Å². The average molecular weight is 529 g/mol. The van der Waals surface area contributed by atoms with Crippen molar-refractivity contribution in [3.05, 3.63) is 94.5 Å². The number of rotatable bonds is 11. The van der Waals surface area contributed by atoms with E-state index in [-0.39, 0.29) is 30.1 Å². The van der Waals surface area contributed by atoms with Crippen LogP contribution in [0.2, 0.25) is 5.02 Å². The van der Waals surface area contributed by atoms with Gasteiger partial charge in [0.05, 0.1) is 21.6 Å². The minimum absolute atomic E-state index is 0.0817. The van der Waals surface area contributed by atoms with Gasteiger partial charge >= 0.3 is 11.9 Å². The molecule has 0 aliphatic rings. The summed E-state index contributed by atoms with van der Waals surface area (Å²) in [5.74, 6) is -2.78. The Morgan fingerprint density at radius 1 is 0.944 bits per heavy atom. The number of nitrogens with one attached hydrogen (secondary N) is 1. The Hall–Kier alpha value is -3.53. The van der Waals surface area contributed by atoms with Gasteiger partial charge in [-0.05, 0) is 40.5 Å². The Kier molecular flexibility index (Phi) is 9.35. The van der Waals surface area contributed by atoms with Crippen LogP contribution < -0.4 is 5.32 Å². The molecule has 0 heterocycles. The van der Waals surface area contributed by atoms with Gasteiger partial charge in [-0.25, -0.2) is 13.3 Å². The number of aliphatic carboxylic acids is 2. The lowest BCUT2D eigenvalue weighted by atomic mass is 9.99. The van der Waals surface area contributed by atoms with Crippen LogP contribution >= 0.6 is 11.6 Å². The van der Waals surface area contributed by atoms with Crippen molar-refractivity contribution in [2.45, 2.75) is 19.0 Å². The zero-order valence-corrected chi connectivity index (χ0v) is 21.0. The predicted octanol–water partition coefficient (Wildman–Crippen LogP) is 3.61. The molecular formula is C26H25ClN2O6S. The normalized spacial score (nSPS) is 12.6. The summed E-state index contributed by atoms with van der Waals surface area (Å²) in [6.07, 6.45) is 1.52. The fraction of sp³-hybridized carbons (Fsp3) is 0.192. The summed E-state index contributed by atoms with van der Waals surface area (Å²) in [4.78, 5) is 35.3. The van der Waals surface area contributed by atoms with E-state index in [0.29, 0.717) is 0 Å². The van der Waals surface area contributed by atoms with E-state index in [0.717, 1.165) is 22.3 Å². The predicted molar refractivity (Wildman–Crippen MR) is 138 cm³/mol. The number of benzene rings is 3. The summed E-state index contributed by atoms with van der Waals surface area (Å²) in [7, 11) is -1.44. The first-order valence-corrected chi connectivity index (χ1v) is 12.8. The van der Waals surface area contributed by atoms with Crippen LogP contribution in [0.1, 0.15) is 21.5 Å². The highest BCUT2D eigenvalue weighted by Gasteiger charge is 2.22. The van der Waals surface area contributed by atoms with E-state index in [1.165, 1.54) is 16.6 Å². The Morgan fingerprint density at radius 2 is 1.64 bits per heavy atom. The lowest BCUT2D eigenvalue weighted by Crippen LogP contribution is -2.42. The van der Waals surface area contributed by atoms with Crippen molar-refractivity contribution in [2.24, 2.45) is 0 Å². The molecule has 0 radical (unpaired) electrons. The van der Waals surface area contributed by atoms with Gasteiger partial charge in [-0.3, -0.25) is 9.59 Å². The summed E-state index contributed by atoms with van der Waals surface area (Å²) in [6.45, 7) is -0.119. The van der Waals surface area contributed by atoms with Crippen molar-refractivity contribution in [3.8, 4) is 11.1 Å². The van der Waals surface area contributed by atoms with Gasteiger partial charge in [0.1, 0.15) is 12.6 Å². The number of hydrogen-bond donors (Lipinski definition) is 3. The van der Waals surface area contributed by atoms with E-state index in [1.807, 2.05) is 36.4 Å². The summed E-state index contributed by atoms with van der Waals surface area (Å²) in [6, 6.07) is 20.0. The third-order valence-corrected chi connectivity index (χ3v) is 6.73. The highest BCUT2D eigenvalue weighted by molar-refractivity contribution is 7.81. The van der Waals surface area contributed by atoms with Crippen LogP contribution in [0.25, 0.3) is 11.1 Å². The molecule has 0 saturated carbocycles. The van der Waals surface area contributed by atoms with Gasteiger partial charge in [-0.2, -0.15) is 0 Å². The highest BCUT2D eigenvalue weighted by Crippen LogP contribution is 2.23. The second kappa shape index (κ2) is 12.4. The van der Waals surface area contributed by atoms with E-state index in [1.54, 1.807) is 30.3 Å². The summed E-state index contributed by atoms with van der Waals surface area (Å²) >= 11 is 6.04. The van der Waals surface area contributed by atoms with Crippen LogP contribution in [0.5, 0.6) is 0 Å². The molecule has 0 aromatic heterocycles. The SMILES string of the molecule is CS(=O)N(CC(=O)O)Cc1cccc(-c2ccc(C[C@H](NC(=O)c3ccccc3Cl)C(=O)O)cc2)c1. The maximum Gasteiger partial charge on any atom is 0.326 e. The smallest absolute Gasteiger partial charge is 0.326 e. The van der Waals surface area contributed by atoms with Crippen LogP contribution in [-0.2, 0) is 33.5 Å². The number of carboxylic acid groups (broad SMARTS) is 2. The lowest BCUT2D eigenvalue weighted by Gasteiger charge is -2.17. The average Bonchev–Trinajstić information content (AvgIpc) is 2.83. The quantitative estimate of drug-likeness (QED) is 0.349. The molecule has 2 atom stereocenters. The second-order valence-corrected chi connectivity index (χ2v) is 9.83. The van der Waals surface area contributed by atoms with Gasteiger partial charge in [0.15, 0.2) is 0 Å². The topological polar surface area (TPSA) is 124 Å². The number of carboxylic acids is 2. The van der Waals surface area contributed by atoms with Crippen molar-refractivity contribution in [1.29, 1.82) is 0 Å². The molecule has 3 aromatic carbocycles. The molecule has 3 aromatic rings. The summed E-state index contributed by atoms with van der Waals surface area (Å²) in [5, 5.41) is 21.4. The lowest BCUT2D eigenvalue weighted by molar-refractivity contribution is -0.139. The van der Waals surface area contributed by atoms with E-state index in [4.69, 9.17) is 16.7 Å². The second-order valence-electron chi connectivity index (χ2n) is 8.06. The molecule has 1 amide bonds. The summed E-state index contributed by atoms with van der Waals surface area (Å²) < 4.78 is 13.2. The molecular weight excluding hydrogens is 504 g/mol. The monoisotopic (exact) mass is 528 g/mol.